The van der Waals surface area contributed by atoms with Gasteiger partial charge in [0.15, 0.2) is 0 Å². The minimum absolute atomic E-state index is 0.219. The summed E-state index contributed by atoms with van der Waals surface area (Å²) in [5.74, 6) is 3.19. The molecular weight excluding hydrogens is 338 g/mol. The molecule has 144 valence electrons. The molecular formula is C23H29NO3. The molecule has 27 heavy (non-hydrogen) atoms. The van der Waals surface area contributed by atoms with Crippen LogP contribution < -0.4 is 14.8 Å². The molecule has 0 radical (unpaired) electrons. The van der Waals surface area contributed by atoms with E-state index in [0.717, 1.165) is 22.9 Å². The standard InChI is InChI=1S/C23H29NO3/c1-17(25)16-23(18-6-4-3-5-7-18)24-19-8-10-21(11-9-19)27-22-14-12-20(26-2)13-15-22/h8-15,18,23-24H,3-7,16H2,1-2H3/t23-/m0/s1. The van der Waals surface area contributed by atoms with Crippen LogP contribution in [0.2, 0.25) is 0 Å². The molecule has 0 amide bonds. The van der Waals surface area contributed by atoms with Gasteiger partial charge in [-0.25, -0.2) is 0 Å². The molecule has 0 bridgehead atoms. The van der Waals surface area contributed by atoms with Gasteiger partial charge in [-0.05, 0) is 74.2 Å². The van der Waals surface area contributed by atoms with Gasteiger partial charge in [0, 0.05) is 18.2 Å². The summed E-state index contributed by atoms with van der Waals surface area (Å²) in [7, 11) is 1.65. The Morgan fingerprint density at radius 1 is 0.963 bits per heavy atom. The maximum Gasteiger partial charge on any atom is 0.131 e. The fourth-order valence-corrected chi connectivity index (χ4v) is 3.79. The minimum Gasteiger partial charge on any atom is -0.497 e. The molecule has 0 saturated heterocycles. The van der Waals surface area contributed by atoms with Crippen molar-refractivity contribution in [1.82, 2.24) is 0 Å². The second-order valence-corrected chi connectivity index (χ2v) is 7.36. The minimum atomic E-state index is 0.219. The average Bonchev–Trinajstić information content (AvgIpc) is 2.70. The summed E-state index contributed by atoms with van der Waals surface area (Å²) < 4.78 is 11.0. The topological polar surface area (TPSA) is 47.6 Å². The Labute approximate surface area is 161 Å². The predicted octanol–water partition coefficient (Wildman–Crippen LogP) is 5.83. The van der Waals surface area contributed by atoms with Crippen molar-refractivity contribution in [3.63, 3.8) is 0 Å². The Morgan fingerprint density at radius 2 is 1.52 bits per heavy atom. The van der Waals surface area contributed by atoms with Crippen molar-refractivity contribution in [2.45, 2.75) is 51.5 Å². The van der Waals surface area contributed by atoms with Crippen molar-refractivity contribution >= 4 is 11.5 Å². The molecule has 0 aliphatic heterocycles. The van der Waals surface area contributed by atoms with E-state index in [-0.39, 0.29) is 11.8 Å². The number of hydrogen-bond acceptors (Lipinski definition) is 4. The Kier molecular flexibility index (Phi) is 6.74. The van der Waals surface area contributed by atoms with Crippen molar-refractivity contribution in [1.29, 1.82) is 0 Å². The van der Waals surface area contributed by atoms with Gasteiger partial charge in [0.2, 0.25) is 0 Å². The number of nitrogens with one attached hydrogen (secondary N) is 1. The molecule has 1 aliphatic carbocycles. The van der Waals surface area contributed by atoms with Gasteiger partial charge < -0.3 is 14.8 Å². The van der Waals surface area contributed by atoms with Gasteiger partial charge in [-0.2, -0.15) is 0 Å². The number of hydrogen-bond donors (Lipinski definition) is 1. The number of anilines is 1. The molecule has 3 rings (SSSR count). The van der Waals surface area contributed by atoms with Gasteiger partial charge in [0.1, 0.15) is 23.0 Å². The van der Waals surface area contributed by atoms with Crippen molar-refractivity contribution in [2.75, 3.05) is 12.4 Å². The second kappa shape index (κ2) is 9.45. The third-order valence-electron chi connectivity index (χ3n) is 5.23. The molecule has 2 aromatic rings. The summed E-state index contributed by atoms with van der Waals surface area (Å²) >= 11 is 0. The van der Waals surface area contributed by atoms with E-state index < -0.39 is 0 Å². The molecule has 4 heteroatoms. The SMILES string of the molecule is COc1ccc(Oc2ccc(N[C@@H](CC(C)=O)C3CCCCC3)cc2)cc1. The number of benzene rings is 2. The lowest BCUT2D eigenvalue weighted by molar-refractivity contribution is -0.117. The highest BCUT2D eigenvalue weighted by molar-refractivity contribution is 5.76. The van der Waals surface area contributed by atoms with E-state index in [9.17, 15) is 4.79 Å². The number of carbonyl (C=O) groups excluding carboxylic acids is 1. The first-order valence-corrected chi connectivity index (χ1v) is 9.82. The zero-order valence-corrected chi connectivity index (χ0v) is 16.2. The summed E-state index contributed by atoms with van der Waals surface area (Å²) in [5, 5.41) is 3.59. The first-order chi connectivity index (χ1) is 13.1. The number of ketones is 1. The maximum atomic E-state index is 11.7. The van der Waals surface area contributed by atoms with E-state index in [1.54, 1.807) is 14.0 Å². The van der Waals surface area contributed by atoms with Crippen molar-refractivity contribution < 1.29 is 14.3 Å². The molecule has 0 spiro atoms. The van der Waals surface area contributed by atoms with E-state index in [0.29, 0.717) is 12.3 Å². The lowest BCUT2D eigenvalue weighted by Gasteiger charge is -2.31. The Morgan fingerprint density at radius 3 is 2.07 bits per heavy atom. The molecule has 1 fully saturated rings. The van der Waals surface area contributed by atoms with Crippen LogP contribution in [0.3, 0.4) is 0 Å². The van der Waals surface area contributed by atoms with Crippen LogP contribution in [0, 0.1) is 5.92 Å². The maximum absolute atomic E-state index is 11.7. The van der Waals surface area contributed by atoms with E-state index in [1.165, 1.54) is 32.1 Å². The largest absolute Gasteiger partial charge is 0.497 e. The quantitative estimate of drug-likeness (QED) is 0.638. The molecule has 0 aromatic heterocycles. The molecule has 4 nitrogen and oxygen atoms in total. The van der Waals surface area contributed by atoms with Gasteiger partial charge in [0.05, 0.1) is 7.11 Å². The normalized spacial score (nSPS) is 15.8. The van der Waals surface area contributed by atoms with E-state index >= 15 is 0 Å². The van der Waals surface area contributed by atoms with E-state index in [1.807, 2.05) is 48.5 Å². The number of rotatable bonds is 8. The molecule has 2 aromatic carbocycles. The van der Waals surface area contributed by atoms with Gasteiger partial charge in [0.25, 0.3) is 0 Å². The first-order valence-electron chi connectivity index (χ1n) is 9.82. The van der Waals surface area contributed by atoms with Crippen LogP contribution in [0.25, 0.3) is 0 Å². The van der Waals surface area contributed by atoms with Crippen LogP contribution in [0.5, 0.6) is 17.2 Å². The Hall–Kier alpha value is -2.49. The molecule has 0 heterocycles. The van der Waals surface area contributed by atoms with Crippen molar-refractivity contribution in [3.05, 3.63) is 48.5 Å². The van der Waals surface area contributed by atoms with E-state index in [4.69, 9.17) is 9.47 Å². The van der Waals surface area contributed by atoms with Gasteiger partial charge in [-0.1, -0.05) is 19.3 Å². The summed E-state index contributed by atoms with van der Waals surface area (Å²) in [6.07, 6.45) is 6.88. The zero-order valence-electron chi connectivity index (χ0n) is 16.2. The number of methoxy groups -OCH3 is 1. The molecule has 0 unspecified atom stereocenters. The number of Topliss-reactive ketones (excluding diaryl/α,β-unsaturated/α-hetero) is 1. The first kappa shape index (κ1) is 19.3. The fraction of sp³-hybridized carbons (Fsp3) is 0.435. The number of carbonyl (C=O) groups is 1. The van der Waals surface area contributed by atoms with Crippen LogP contribution in [-0.4, -0.2) is 18.9 Å². The van der Waals surface area contributed by atoms with Crippen molar-refractivity contribution in [2.24, 2.45) is 5.92 Å². The zero-order chi connectivity index (χ0) is 19.1. The molecule has 1 N–H and O–H groups in total. The molecule has 1 aliphatic rings. The van der Waals surface area contributed by atoms with Crippen LogP contribution in [0.15, 0.2) is 48.5 Å². The number of ether oxygens (including phenoxy) is 2. The predicted molar refractivity (Wildman–Crippen MR) is 109 cm³/mol. The summed E-state index contributed by atoms with van der Waals surface area (Å²) in [6.45, 7) is 1.68. The van der Waals surface area contributed by atoms with Gasteiger partial charge in [-0.15, -0.1) is 0 Å². The molecule has 1 saturated carbocycles. The summed E-state index contributed by atoms with van der Waals surface area (Å²) in [6, 6.07) is 15.7. The highest BCUT2D eigenvalue weighted by Crippen LogP contribution is 2.31. The Balaban J connectivity index is 1.62. The smallest absolute Gasteiger partial charge is 0.131 e. The van der Waals surface area contributed by atoms with Crippen molar-refractivity contribution in [3.8, 4) is 17.2 Å². The van der Waals surface area contributed by atoms with Crippen LogP contribution >= 0.6 is 0 Å². The average molecular weight is 367 g/mol. The highest BCUT2D eigenvalue weighted by Gasteiger charge is 2.24. The van der Waals surface area contributed by atoms with E-state index in [2.05, 4.69) is 5.32 Å². The summed E-state index contributed by atoms with van der Waals surface area (Å²) in [5.41, 5.74) is 1.04. The van der Waals surface area contributed by atoms with Crippen LogP contribution in [-0.2, 0) is 4.79 Å². The Bertz CT molecular complexity index is 718. The fourth-order valence-electron chi connectivity index (χ4n) is 3.79. The third-order valence-corrected chi connectivity index (χ3v) is 5.23. The molecule has 1 atom stereocenters. The van der Waals surface area contributed by atoms with Gasteiger partial charge >= 0.3 is 0 Å². The highest BCUT2D eigenvalue weighted by atomic mass is 16.5. The van der Waals surface area contributed by atoms with Gasteiger partial charge in [-0.3, -0.25) is 4.79 Å². The second-order valence-electron chi connectivity index (χ2n) is 7.36. The lowest BCUT2D eigenvalue weighted by atomic mass is 9.82. The van der Waals surface area contributed by atoms with Crippen LogP contribution in [0.4, 0.5) is 5.69 Å². The third kappa shape index (κ3) is 5.75. The van der Waals surface area contributed by atoms with Crippen LogP contribution in [0.1, 0.15) is 45.4 Å². The summed E-state index contributed by atoms with van der Waals surface area (Å²) in [4.78, 5) is 11.7. The lowest BCUT2D eigenvalue weighted by Crippen LogP contribution is -2.32. The monoisotopic (exact) mass is 367 g/mol.